The molecule has 4 aromatic rings. The third-order valence-electron chi connectivity index (χ3n) is 4.62. The maximum atomic E-state index is 12.1. The van der Waals surface area contributed by atoms with E-state index in [0.29, 0.717) is 18.0 Å². The van der Waals surface area contributed by atoms with Gasteiger partial charge in [-0.15, -0.1) is 11.3 Å². The molecule has 2 aromatic heterocycles. The lowest BCUT2D eigenvalue weighted by molar-refractivity contribution is 0.0959. The number of rotatable bonds is 3. The number of anilines is 1. The molecule has 5 nitrogen and oxygen atoms in total. The summed E-state index contributed by atoms with van der Waals surface area (Å²) < 4.78 is 0. The highest BCUT2D eigenvalue weighted by Gasteiger charge is 2.15. The fourth-order valence-corrected chi connectivity index (χ4v) is 3.88. The highest BCUT2D eigenvalue weighted by atomic mass is 32.1. The molecule has 0 fully saturated rings. The van der Waals surface area contributed by atoms with Gasteiger partial charge in [0.05, 0.1) is 10.4 Å². The summed E-state index contributed by atoms with van der Waals surface area (Å²) in [5, 5.41) is 4.91. The van der Waals surface area contributed by atoms with E-state index in [4.69, 9.17) is 16.5 Å². The molecule has 0 bridgehead atoms. The normalized spacial score (nSPS) is 11.2. The van der Waals surface area contributed by atoms with Crippen LogP contribution in [0, 0.1) is 0 Å². The summed E-state index contributed by atoms with van der Waals surface area (Å²) in [5.41, 5.74) is 13.9. The fraction of sp³-hybridized carbons (Fsp3) is 0.250. The zero-order chi connectivity index (χ0) is 21.7. The van der Waals surface area contributed by atoms with Crippen molar-refractivity contribution >= 4 is 44.1 Å². The second kappa shape index (κ2) is 9.24. The van der Waals surface area contributed by atoms with Crippen LogP contribution in [0.5, 0.6) is 0 Å². The van der Waals surface area contributed by atoms with Gasteiger partial charge in [0.25, 0.3) is 5.91 Å². The van der Waals surface area contributed by atoms with E-state index < -0.39 is 0 Å². The van der Waals surface area contributed by atoms with Crippen molar-refractivity contribution in [1.82, 2.24) is 10.3 Å². The highest BCUT2D eigenvalue weighted by molar-refractivity contribution is 7.20. The van der Waals surface area contributed by atoms with Crippen LogP contribution >= 0.6 is 11.3 Å². The average molecular weight is 421 g/mol. The number of nitrogen functional groups attached to an aromatic ring is 1. The van der Waals surface area contributed by atoms with Gasteiger partial charge in [-0.1, -0.05) is 45.0 Å². The van der Waals surface area contributed by atoms with Crippen molar-refractivity contribution < 1.29 is 4.79 Å². The monoisotopic (exact) mass is 420 g/mol. The first kappa shape index (κ1) is 21.7. The first-order valence-electron chi connectivity index (χ1n) is 9.91. The standard InChI is InChI=1S/C18H21N3OS.C6H7N/c1-18(2,3)13-4-5-14-11(9-13)8-12-10-15(23-17(12)21-14)16(22)20-7-6-19;7-6-4-2-1-3-5-6/h4-5,8-10H,6-7,19H2,1-3H3,(H,20,22);1-5H,7H2. The van der Waals surface area contributed by atoms with Gasteiger partial charge < -0.3 is 16.8 Å². The molecule has 0 unspecified atom stereocenters. The number of nitrogens with zero attached hydrogens (tertiary/aromatic N) is 1. The van der Waals surface area contributed by atoms with Crippen LogP contribution in [-0.4, -0.2) is 24.0 Å². The van der Waals surface area contributed by atoms with E-state index in [1.807, 2.05) is 36.4 Å². The third-order valence-corrected chi connectivity index (χ3v) is 5.66. The maximum Gasteiger partial charge on any atom is 0.261 e. The van der Waals surface area contributed by atoms with Crippen LogP contribution in [0.2, 0.25) is 0 Å². The molecule has 0 spiro atoms. The van der Waals surface area contributed by atoms with Crippen molar-refractivity contribution in [3.8, 4) is 0 Å². The van der Waals surface area contributed by atoms with Crippen molar-refractivity contribution in [3.05, 3.63) is 71.1 Å². The van der Waals surface area contributed by atoms with E-state index in [1.54, 1.807) is 0 Å². The number of fused-ring (bicyclic) bond motifs is 2. The maximum absolute atomic E-state index is 12.1. The van der Waals surface area contributed by atoms with Gasteiger partial charge in [0, 0.05) is 29.5 Å². The predicted octanol–water partition coefficient (Wildman–Crippen LogP) is 4.70. The number of hydrogen-bond donors (Lipinski definition) is 3. The minimum Gasteiger partial charge on any atom is -0.399 e. The molecule has 156 valence electrons. The number of carbonyl (C=O) groups excluding carboxylic acids is 1. The highest BCUT2D eigenvalue weighted by Crippen LogP contribution is 2.30. The zero-order valence-electron chi connectivity index (χ0n) is 17.6. The first-order valence-corrected chi connectivity index (χ1v) is 10.7. The SMILES string of the molecule is CC(C)(C)c1ccc2nc3sc(C(=O)NCCN)cc3cc2c1.Nc1ccccc1. The van der Waals surface area contributed by atoms with Crippen LogP contribution in [0.25, 0.3) is 21.1 Å². The molecule has 1 amide bonds. The Balaban J connectivity index is 0.000000310. The largest absolute Gasteiger partial charge is 0.399 e. The Kier molecular flexibility index (Phi) is 6.70. The summed E-state index contributed by atoms with van der Waals surface area (Å²) in [7, 11) is 0. The van der Waals surface area contributed by atoms with Crippen molar-refractivity contribution in [2.24, 2.45) is 5.73 Å². The Hall–Kier alpha value is -2.96. The number of hydrogen-bond acceptors (Lipinski definition) is 5. The van der Waals surface area contributed by atoms with Crippen molar-refractivity contribution in [2.45, 2.75) is 26.2 Å². The molecular formula is C24H28N4OS. The number of pyridine rings is 1. The molecule has 0 saturated carbocycles. The molecule has 0 aliphatic heterocycles. The van der Waals surface area contributed by atoms with Gasteiger partial charge in [-0.3, -0.25) is 4.79 Å². The molecule has 0 atom stereocenters. The van der Waals surface area contributed by atoms with Gasteiger partial charge in [-0.2, -0.15) is 0 Å². The lowest BCUT2D eigenvalue weighted by atomic mass is 9.86. The van der Waals surface area contributed by atoms with E-state index >= 15 is 0 Å². The average Bonchev–Trinajstić information content (AvgIpc) is 3.13. The second-order valence-electron chi connectivity index (χ2n) is 8.11. The van der Waals surface area contributed by atoms with Gasteiger partial charge in [0.1, 0.15) is 4.83 Å². The Labute approximate surface area is 181 Å². The van der Waals surface area contributed by atoms with Gasteiger partial charge >= 0.3 is 0 Å². The molecule has 4 rings (SSSR count). The van der Waals surface area contributed by atoms with Crippen LogP contribution in [0.3, 0.4) is 0 Å². The topological polar surface area (TPSA) is 94.0 Å². The molecular weight excluding hydrogens is 392 g/mol. The minimum atomic E-state index is -0.0853. The van der Waals surface area contributed by atoms with E-state index in [2.05, 4.69) is 50.4 Å². The Morgan fingerprint density at radius 2 is 1.77 bits per heavy atom. The molecule has 0 saturated heterocycles. The Morgan fingerprint density at radius 3 is 2.37 bits per heavy atom. The van der Waals surface area contributed by atoms with Gasteiger partial charge in [0.2, 0.25) is 0 Å². The van der Waals surface area contributed by atoms with E-state index in [0.717, 1.165) is 26.8 Å². The number of thiophene rings is 1. The number of amides is 1. The van der Waals surface area contributed by atoms with Crippen molar-refractivity contribution in [1.29, 1.82) is 0 Å². The number of para-hydroxylation sites is 1. The van der Waals surface area contributed by atoms with Crippen LogP contribution in [0.1, 0.15) is 36.0 Å². The van der Waals surface area contributed by atoms with Crippen LogP contribution in [0.15, 0.2) is 60.7 Å². The minimum absolute atomic E-state index is 0.0853. The summed E-state index contributed by atoms with van der Waals surface area (Å²) >= 11 is 1.42. The molecule has 5 N–H and O–H groups in total. The van der Waals surface area contributed by atoms with E-state index in [1.165, 1.54) is 16.9 Å². The Morgan fingerprint density at radius 1 is 1.03 bits per heavy atom. The first-order chi connectivity index (χ1) is 14.3. The van der Waals surface area contributed by atoms with Gasteiger partial charge in [-0.05, 0) is 47.4 Å². The lowest BCUT2D eigenvalue weighted by Crippen LogP contribution is -2.28. The zero-order valence-corrected chi connectivity index (χ0v) is 18.4. The number of carbonyl (C=O) groups is 1. The molecule has 2 aromatic carbocycles. The third kappa shape index (κ3) is 5.34. The van der Waals surface area contributed by atoms with Crippen molar-refractivity contribution in [3.63, 3.8) is 0 Å². The summed E-state index contributed by atoms with van der Waals surface area (Å²) in [4.78, 5) is 18.3. The lowest BCUT2D eigenvalue weighted by Gasteiger charge is -2.19. The summed E-state index contributed by atoms with van der Waals surface area (Å²) in [6.07, 6.45) is 0. The van der Waals surface area contributed by atoms with Crippen molar-refractivity contribution in [2.75, 3.05) is 18.8 Å². The molecule has 0 radical (unpaired) electrons. The van der Waals surface area contributed by atoms with Gasteiger partial charge in [-0.25, -0.2) is 4.98 Å². The van der Waals surface area contributed by atoms with Crippen LogP contribution < -0.4 is 16.8 Å². The van der Waals surface area contributed by atoms with Crippen LogP contribution in [-0.2, 0) is 5.41 Å². The second-order valence-corrected chi connectivity index (χ2v) is 9.14. The summed E-state index contributed by atoms with van der Waals surface area (Å²) in [6.45, 7) is 7.52. The number of nitrogens with two attached hydrogens (primary N) is 2. The smallest absolute Gasteiger partial charge is 0.261 e. The molecule has 0 aliphatic rings. The molecule has 0 aliphatic carbocycles. The Bertz CT molecular complexity index is 1150. The number of benzene rings is 2. The summed E-state index contributed by atoms with van der Waals surface area (Å²) in [6, 6.07) is 19.9. The molecule has 2 heterocycles. The fourth-order valence-electron chi connectivity index (χ4n) is 2.94. The van der Waals surface area contributed by atoms with E-state index in [9.17, 15) is 4.79 Å². The quantitative estimate of drug-likeness (QED) is 0.419. The van der Waals surface area contributed by atoms with Crippen LogP contribution in [0.4, 0.5) is 5.69 Å². The van der Waals surface area contributed by atoms with E-state index in [-0.39, 0.29) is 11.3 Å². The predicted molar refractivity (Wildman–Crippen MR) is 128 cm³/mol. The van der Waals surface area contributed by atoms with Gasteiger partial charge in [0.15, 0.2) is 0 Å². The number of nitrogens with one attached hydrogen (secondary N) is 1. The molecule has 6 heteroatoms. The summed E-state index contributed by atoms with van der Waals surface area (Å²) in [5.74, 6) is -0.0853. The molecule has 30 heavy (non-hydrogen) atoms. The number of aromatic nitrogens is 1.